The smallest absolute Gasteiger partial charge is 0.160 e. The van der Waals surface area contributed by atoms with Crippen molar-refractivity contribution in [1.82, 2.24) is 9.97 Å². The fraction of sp³-hybridized carbons (Fsp3) is 0. The number of hydrogen-bond donors (Lipinski definition) is 0. The summed E-state index contributed by atoms with van der Waals surface area (Å²) in [4.78, 5) is 10.3. The van der Waals surface area contributed by atoms with Crippen LogP contribution in [0.25, 0.3) is 99.3 Å². The van der Waals surface area contributed by atoms with Crippen molar-refractivity contribution in [1.29, 1.82) is 0 Å². The molecule has 10 rings (SSSR count). The van der Waals surface area contributed by atoms with Gasteiger partial charge in [-0.1, -0.05) is 133 Å². The fourth-order valence-corrected chi connectivity index (χ4v) is 7.28. The molecule has 0 saturated heterocycles. The first-order valence-corrected chi connectivity index (χ1v) is 16.6. The van der Waals surface area contributed by atoms with Gasteiger partial charge in [0.05, 0.1) is 11.4 Å². The van der Waals surface area contributed by atoms with Crippen LogP contribution in [0.4, 0.5) is 0 Å². The first kappa shape index (κ1) is 27.5. The van der Waals surface area contributed by atoms with E-state index < -0.39 is 0 Å². The SMILES string of the molecule is c1ccc(-c2cccc(-c3nc(-c4ccccc4)cc(-c4ccc5c(c4)c4ccccc4c4cc6oc7ccccc7c6cc54)n3)c2)cc1. The Bertz CT molecular complexity index is 2870. The van der Waals surface area contributed by atoms with Crippen molar-refractivity contribution < 1.29 is 4.42 Å². The van der Waals surface area contributed by atoms with Crippen molar-refractivity contribution >= 4 is 54.3 Å². The molecule has 3 nitrogen and oxygen atoms in total. The molecular weight excluding hydrogens is 597 g/mol. The van der Waals surface area contributed by atoms with Gasteiger partial charge in [0, 0.05) is 27.5 Å². The molecule has 10 aromatic rings. The second-order valence-electron chi connectivity index (χ2n) is 12.6. The maximum Gasteiger partial charge on any atom is 0.160 e. The van der Waals surface area contributed by atoms with Crippen LogP contribution in [0.1, 0.15) is 0 Å². The third kappa shape index (κ3) is 4.59. The Hall–Kier alpha value is -6.58. The van der Waals surface area contributed by atoms with E-state index in [2.05, 4.69) is 146 Å². The third-order valence-electron chi connectivity index (χ3n) is 9.65. The number of furan rings is 1. The third-order valence-corrected chi connectivity index (χ3v) is 9.65. The summed E-state index contributed by atoms with van der Waals surface area (Å²) in [5.41, 5.74) is 8.98. The number of benzene rings is 8. The molecule has 2 aromatic heterocycles. The van der Waals surface area contributed by atoms with Crippen molar-refractivity contribution in [3.8, 4) is 45.0 Å². The number of hydrogen-bond acceptors (Lipinski definition) is 3. The topological polar surface area (TPSA) is 38.9 Å². The van der Waals surface area contributed by atoms with Crippen LogP contribution in [0.5, 0.6) is 0 Å². The maximum absolute atomic E-state index is 6.31. The Morgan fingerprint density at radius 3 is 1.63 bits per heavy atom. The van der Waals surface area contributed by atoms with Gasteiger partial charge >= 0.3 is 0 Å². The van der Waals surface area contributed by atoms with Crippen LogP contribution in [0.2, 0.25) is 0 Å². The van der Waals surface area contributed by atoms with Crippen LogP contribution in [-0.4, -0.2) is 9.97 Å². The van der Waals surface area contributed by atoms with Crippen LogP contribution in [0.15, 0.2) is 174 Å². The minimum atomic E-state index is 0.701. The summed E-state index contributed by atoms with van der Waals surface area (Å²) in [5.74, 6) is 0.701. The Morgan fingerprint density at radius 2 is 0.857 bits per heavy atom. The van der Waals surface area contributed by atoms with Crippen LogP contribution in [-0.2, 0) is 0 Å². The van der Waals surface area contributed by atoms with E-state index >= 15 is 0 Å². The highest BCUT2D eigenvalue weighted by Gasteiger charge is 2.16. The largest absolute Gasteiger partial charge is 0.456 e. The van der Waals surface area contributed by atoms with Crippen molar-refractivity contribution in [3.63, 3.8) is 0 Å². The first-order valence-electron chi connectivity index (χ1n) is 16.6. The quantitative estimate of drug-likeness (QED) is 0.183. The zero-order valence-corrected chi connectivity index (χ0v) is 26.5. The van der Waals surface area contributed by atoms with E-state index in [-0.39, 0.29) is 0 Å². The lowest BCUT2D eigenvalue weighted by molar-refractivity contribution is 0.669. The number of nitrogens with zero attached hydrogens (tertiary/aromatic N) is 2. The Balaban J connectivity index is 1.21. The van der Waals surface area contributed by atoms with Crippen LogP contribution < -0.4 is 0 Å². The summed E-state index contributed by atoms with van der Waals surface area (Å²) in [7, 11) is 0. The zero-order valence-electron chi connectivity index (χ0n) is 26.5. The van der Waals surface area contributed by atoms with Crippen LogP contribution in [0.3, 0.4) is 0 Å². The summed E-state index contributed by atoms with van der Waals surface area (Å²) in [6.45, 7) is 0. The monoisotopic (exact) mass is 624 g/mol. The zero-order chi connectivity index (χ0) is 32.3. The number of rotatable bonds is 4. The van der Waals surface area contributed by atoms with Crippen molar-refractivity contribution in [2.75, 3.05) is 0 Å². The van der Waals surface area contributed by atoms with E-state index in [1.807, 2.05) is 24.3 Å². The molecule has 0 aliphatic carbocycles. The Morgan fingerprint density at radius 1 is 0.286 bits per heavy atom. The molecule has 2 heterocycles. The molecular formula is C46H28N2O. The van der Waals surface area contributed by atoms with Crippen LogP contribution in [0, 0.1) is 0 Å². The molecule has 0 fully saturated rings. The highest BCUT2D eigenvalue weighted by molar-refractivity contribution is 6.28. The van der Waals surface area contributed by atoms with E-state index in [1.165, 1.54) is 32.3 Å². The van der Waals surface area contributed by atoms with Gasteiger partial charge in [-0.2, -0.15) is 0 Å². The van der Waals surface area contributed by atoms with Gasteiger partial charge in [-0.25, -0.2) is 9.97 Å². The second-order valence-corrected chi connectivity index (χ2v) is 12.6. The average Bonchev–Trinajstić information content (AvgIpc) is 3.55. The predicted octanol–water partition coefficient (Wildman–Crippen LogP) is 12.5. The number of para-hydroxylation sites is 1. The fourth-order valence-electron chi connectivity index (χ4n) is 7.28. The molecule has 3 heteroatoms. The van der Waals surface area contributed by atoms with Gasteiger partial charge in [0.15, 0.2) is 5.82 Å². The molecule has 0 aliphatic rings. The summed E-state index contributed by atoms with van der Waals surface area (Å²) in [6, 6.07) is 59.7. The van der Waals surface area contributed by atoms with Crippen molar-refractivity contribution in [2.24, 2.45) is 0 Å². The molecule has 49 heavy (non-hydrogen) atoms. The minimum absolute atomic E-state index is 0.701. The van der Waals surface area contributed by atoms with E-state index in [1.54, 1.807) is 0 Å². The average molecular weight is 625 g/mol. The summed E-state index contributed by atoms with van der Waals surface area (Å²) in [5, 5.41) is 9.48. The minimum Gasteiger partial charge on any atom is -0.456 e. The Kier molecular flexibility index (Phi) is 6.18. The number of fused-ring (bicyclic) bond motifs is 9. The molecule has 0 N–H and O–H groups in total. The van der Waals surface area contributed by atoms with Gasteiger partial charge in [0.25, 0.3) is 0 Å². The Labute approximate surface area is 282 Å². The lowest BCUT2D eigenvalue weighted by Crippen LogP contribution is -1.96. The molecule has 0 saturated carbocycles. The lowest BCUT2D eigenvalue weighted by atomic mass is 9.91. The molecule has 0 amide bonds. The number of aromatic nitrogens is 2. The van der Waals surface area contributed by atoms with E-state index in [9.17, 15) is 0 Å². The summed E-state index contributed by atoms with van der Waals surface area (Å²) >= 11 is 0. The summed E-state index contributed by atoms with van der Waals surface area (Å²) in [6.07, 6.45) is 0. The van der Waals surface area contributed by atoms with Gasteiger partial charge in [0.1, 0.15) is 11.2 Å². The molecule has 228 valence electrons. The normalized spacial score (nSPS) is 11.7. The highest BCUT2D eigenvalue weighted by Crippen LogP contribution is 2.41. The van der Waals surface area contributed by atoms with Gasteiger partial charge in [-0.15, -0.1) is 0 Å². The highest BCUT2D eigenvalue weighted by atomic mass is 16.3. The van der Waals surface area contributed by atoms with E-state index in [4.69, 9.17) is 14.4 Å². The van der Waals surface area contributed by atoms with Crippen molar-refractivity contribution in [3.05, 3.63) is 170 Å². The lowest BCUT2D eigenvalue weighted by Gasteiger charge is -2.13. The van der Waals surface area contributed by atoms with Gasteiger partial charge in [-0.3, -0.25) is 0 Å². The van der Waals surface area contributed by atoms with Gasteiger partial charge in [0.2, 0.25) is 0 Å². The maximum atomic E-state index is 6.31. The molecule has 0 atom stereocenters. The standard InChI is InChI=1S/C46H28N2O/c1-3-12-29(13-4-1)31-16-11-17-33(24-31)46-47-42(30-14-5-2-6-15-30)28-43(48-46)32-22-23-36-38(25-32)34-18-7-8-19-35(34)40-27-45-41(26-39(36)40)37-20-9-10-21-44(37)49-45/h1-28H. The van der Waals surface area contributed by atoms with Gasteiger partial charge < -0.3 is 4.42 Å². The van der Waals surface area contributed by atoms with Crippen molar-refractivity contribution in [2.45, 2.75) is 0 Å². The molecule has 0 aliphatic heterocycles. The molecule has 0 bridgehead atoms. The second kappa shape index (κ2) is 11.0. The molecule has 0 spiro atoms. The molecule has 8 aromatic carbocycles. The predicted molar refractivity (Wildman–Crippen MR) is 204 cm³/mol. The van der Waals surface area contributed by atoms with E-state index in [0.29, 0.717) is 5.82 Å². The molecule has 0 radical (unpaired) electrons. The van der Waals surface area contributed by atoms with Gasteiger partial charge in [-0.05, 0) is 79.8 Å². The van der Waals surface area contributed by atoms with E-state index in [0.717, 1.165) is 61.1 Å². The van der Waals surface area contributed by atoms with Crippen LogP contribution >= 0.6 is 0 Å². The molecule has 0 unspecified atom stereocenters. The summed E-state index contributed by atoms with van der Waals surface area (Å²) < 4.78 is 6.31. The first-order chi connectivity index (χ1) is 24.3.